The predicted octanol–water partition coefficient (Wildman–Crippen LogP) is 1.69. The molecule has 2 amide bonds. The molecule has 2 N–H and O–H groups in total. The van der Waals surface area contributed by atoms with Gasteiger partial charge in [0.25, 0.3) is 5.91 Å². The number of amides is 2. The second-order valence-corrected chi connectivity index (χ2v) is 5.06. The summed E-state index contributed by atoms with van der Waals surface area (Å²) in [7, 11) is 0. The van der Waals surface area contributed by atoms with Crippen LogP contribution >= 0.6 is 0 Å². The van der Waals surface area contributed by atoms with Crippen molar-refractivity contribution in [2.75, 3.05) is 6.54 Å². The lowest BCUT2D eigenvalue weighted by Gasteiger charge is -2.12. The van der Waals surface area contributed by atoms with E-state index in [1.54, 1.807) is 19.9 Å². The minimum Gasteiger partial charge on any atom is -0.466 e. The fourth-order valence-corrected chi connectivity index (χ4v) is 2.46. The van der Waals surface area contributed by atoms with E-state index in [0.29, 0.717) is 17.1 Å². The van der Waals surface area contributed by atoms with Crippen LogP contribution in [0, 0.1) is 13.8 Å². The van der Waals surface area contributed by atoms with Crippen LogP contribution in [0.1, 0.15) is 47.6 Å². The van der Waals surface area contributed by atoms with Crippen LogP contribution in [0.25, 0.3) is 0 Å². The quantitative estimate of drug-likeness (QED) is 0.869. The third-order valence-corrected chi connectivity index (χ3v) is 3.42. The molecular weight excluding hydrogens is 244 g/mol. The van der Waals surface area contributed by atoms with E-state index in [2.05, 4.69) is 10.6 Å². The average Bonchev–Trinajstić information content (AvgIpc) is 2.96. The summed E-state index contributed by atoms with van der Waals surface area (Å²) in [5.74, 6) is 0.873. The molecule has 0 aliphatic heterocycles. The van der Waals surface area contributed by atoms with E-state index in [1.165, 1.54) is 12.8 Å². The van der Waals surface area contributed by atoms with Gasteiger partial charge in [0.2, 0.25) is 5.91 Å². The number of hydrogen-bond acceptors (Lipinski definition) is 3. The van der Waals surface area contributed by atoms with Gasteiger partial charge in [-0.3, -0.25) is 9.59 Å². The van der Waals surface area contributed by atoms with Crippen molar-refractivity contribution in [2.45, 2.75) is 45.6 Å². The average molecular weight is 264 g/mol. The first kappa shape index (κ1) is 13.6. The minimum absolute atomic E-state index is 0.0129. The molecular formula is C14H20N2O3. The summed E-state index contributed by atoms with van der Waals surface area (Å²) in [6.07, 6.45) is 4.43. The van der Waals surface area contributed by atoms with Crippen molar-refractivity contribution in [2.24, 2.45) is 0 Å². The molecule has 0 bridgehead atoms. The second-order valence-electron chi connectivity index (χ2n) is 5.06. The Bertz CT molecular complexity index is 473. The predicted molar refractivity (Wildman–Crippen MR) is 70.9 cm³/mol. The first-order chi connectivity index (χ1) is 9.06. The molecule has 0 atom stereocenters. The standard InChI is InChI=1S/C14H20N2O3/c1-9-7-12(10(2)19-9)14(18)15-8-13(17)16-11-5-3-4-6-11/h7,11H,3-6,8H2,1-2H3,(H,15,18)(H,16,17). The number of nitrogens with one attached hydrogen (secondary N) is 2. The van der Waals surface area contributed by atoms with Crippen molar-refractivity contribution in [1.82, 2.24) is 10.6 Å². The smallest absolute Gasteiger partial charge is 0.255 e. The van der Waals surface area contributed by atoms with Gasteiger partial charge in [-0.05, 0) is 32.8 Å². The number of aryl methyl sites for hydroxylation is 2. The summed E-state index contributed by atoms with van der Waals surface area (Å²) in [6.45, 7) is 3.54. The molecule has 1 fully saturated rings. The first-order valence-corrected chi connectivity index (χ1v) is 6.71. The minimum atomic E-state index is -0.268. The summed E-state index contributed by atoms with van der Waals surface area (Å²) in [6, 6.07) is 1.96. The van der Waals surface area contributed by atoms with E-state index in [4.69, 9.17) is 4.42 Å². The second kappa shape index (κ2) is 5.91. The van der Waals surface area contributed by atoms with E-state index in [0.717, 1.165) is 12.8 Å². The van der Waals surface area contributed by atoms with Crippen LogP contribution in [0.5, 0.6) is 0 Å². The van der Waals surface area contributed by atoms with Gasteiger partial charge in [0, 0.05) is 6.04 Å². The van der Waals surface area contributed by atoms with E-state index >= 15 is 0 Å². The van der Waals surface area contributed by atoms with E-state index in [9.17, 15) is 9.59 Å². The van der Waals surface area contributed by atoms with Crippen LogP contribution in [-0.4, -0.2) is 24.4 Å². The summed E-state index contributed by atoms with van der Waals surface area (Å²) in [4.78, 5) is 23.5. The number of carbonyl (C=O) groups excluding carboxylic acids is 2. The third kappa shape index (κ3) is 3.59. The number of carbonyl (C=O) groups is 2. The third-order valence-electron chi connectivity index (χ3n) is 3.42. The molecule has 1 heterocycles. The molecule has 1 aromatic rings. The lowest BCUT2D eigenvalue weighted by atomic mass is 10.2. The van der Waals surface area contributed by atoms with Gasteiger partial charge in [0.1, 0.15) is 11.5 Å². The zero-order chi connectivity index (χ0) is 13.8. The SMILES string of the molecule is Cc1cc(C(=O)NCC(=O)NC2CCCC2)c(C)o1. The lowest BCUT2D eigenvalue weighted by Crippen LogP contribution is -2.41. The van der Waals surface area contributed by atoms with Crippen LogP contribution in [0.4, 0.5) is 0 Å². The topological polar surface area (TPSA) is 71.3 Å². The molecule has 104 valence electrons. The fraction of sp³-hybridized carbons (Fsp3) is 0.571. The van der Waals surface area contributed by atoms with Crippen molar-refractivity contribution in [3.63, 3.8) is 0 Å². The Morgan fingerprint density at radius 1 is 1.32 bits per heavy atom. The van der Waals surface area contributed by atoms with Crippen LogP contribution < -0.4 is 10.6 Å². The van der Waals surface area contributed by atoms with Crippen LogP contribution in [0.15, 0.2) is 10.5 Å². The Morgan fingerprint density at radius 2 is 2.00 bits per heavy atom. The highest BCUT2D eigenvalue weighted by molar-refractivity contribution is 5.97. The Labute approximate surface area is 112 Å². The molecule has 1 aliphatic rings. The van der Waals surface area contributed by atoms with Gasteiger partial charge in [0.15, 0.2) is 0 Å². The van der Waals surface area contributed by atoms with Crippen molar-refractivity contribution in [3.05, 3.63) is 23.2 Å². The van der Waals surface area contributed by atoms with E-state index < -0.39 is 0 Å². The normalized spacial score (nSPS) is 15.5. The Morgan fingerprint density at radius 3 is 2.58 bits per heavy atom. The summed E-state index contributed by atoms with van der Waals surface area (Å²) < 4.78 is 5.29. The highest BCUT2D eigenvalue weighted by Gasteiger charge is 2.18. The van der Waals surface area contributed by atoms with E-state index in [1.807, 2.05) is 0 Å². The molecule has 1 saturated carbocycles. The zero-order valence-electron chi connectivity index (χ0n) is 11.4. The van der Waals surface area contributed by atoms with Gasteiger partial charge in [-0.15, -0.1) is 0 Å². The van der Waals surface area contributed by atoms with Gasteiger partial charge in [0.05, 0.1) is 12.1 Å². The Hall–Kier alpha value is -1.78. The van der Waals surface area contributed by atoms with Crippen LogP contribution in [0.3, 0.4) is 0 Å². The maximum atomic E-state index is 11.9. The molecule has 0 radical (unpaired) electrons. The summed E-state index contributed by atoms with van der Waals surface area (Å²) >= 11 is 0. The van der Waals surface area contributed by atoms with E-state index in [-0.39, 0.29) is 24.4 Å². The molecule has 2 rings (SSSR count). The van der Waals surface area contributed by atoms with Crippen LogP contribution in [-0.2, 0) is 4.79 Å². The summed E-state index contributed by atoms with van der Waals surface area (Å²) in [5.41, 5.74) is 0.492. The monoisotopic (exact) mass is 264 g/mol. The lowest BCUT2D eigenvalue weighted by molar-refractivity contribution is -0.120. The molecule has 0 saturated heterocycles. The zero-order valence-corrected chi connectivity index (χ0v) is 11.4. The highest BCUT2D eigenvalue weighted by atomic mass is 16.3. The van der Waals surface area contributed by atoms with Crippen molar-refractivity contribution >= 4 is 11.8 Å². The highest BCUT2D eigenvalue weighted by Crippen LogP contribution is 2.17. The van der Waals surface area contributed by atoms with Gasteiger partial charge < -0.3 is 15.1 Å². The van der Waals surface area contributed by atoms with Crippen LogP contribution in [0.2, 0.25) is 0 Å². The fourth-order valence-electron chi connectivity index (χ4n) is 2.46. The molecule has 5 nitrogen and oxygen atoms in total. The van der Waals surface area contributed by atoms with Gasteiger partial charge >= 0.3 is 0 Å². The summed E-state index contributed by atoms with van der Waals surface area (Å²) in [5, 5.41) is 5.54. The molecule has 0 spiro atoms. The number of rotatable bonds is 4. The maximum absolute atomic E-state index is 11.9. The van der Waals surface area contributed by atoms with Gasteiger partial charge in [-0.25, -0.2) is 0 Å². The largest absolute Gasteiger partial charge is 0.466 e. The molecule has 0 aromatic carbocycles. The van der Waals surface area contributed by atoms with Gasteiger partial charge in [-0.2, -0.15) is 0 Å². The maximum Gasteiger partial charge on any atom is 0.255 e. The van der Waals surface area contributed by atoms with Gasteiger partial charge in [-0.1, -0.05) is 12.8 Å². The number of hydrogen-bond donors (Lipinski definition) is 2. The molecule has 5 heteroatoms. The molecule has 19 heavy (non-hydrogen) atoms. The Balaban J connectivity index is 1.79. The van der Waals surface area contributed by atoms with Crippen molar-refractivity contribution in [3.8, 4) is 0 Å². The number of furan rings is 1. The molecule has 0 unspecified atom stereocenters. The van der Waals surface area contributed by atoms with Crippen molar-refractivity contribution < 1.29 is 14.0 Å². The first-order valence-electron chi connectivity index (χ1n) is 6.71. The Kier molecular flexibility index (Phi) is 4.24. The van der Waals surface area contributed by atoms with Crippen molar-refractivity contribution in [1.29, 1.82) is 0 Å². The molecule has 1 aromatic heterocycles. The molecule has 1 aliphatic carbocycles.